The first-order chi connectivity index (χ1) is 8.11. The van der Waals surface area contributed by atoms with Gasteiger partial charge in [-0.3, -0.25) is 0 Å². The molecule has 0 aliphatic carbocycles. The molecule has 0 bridgehead atoms. The molecule has 0 atom stereocenters. The van der Waals surface area contributed by atoms with E-state index in [0.29, 0.717) is 11.6 Å². The number of nitrogens with zero attached hydrogens (tertiary/aromatic N) is 2. The number of ether oxygens (including phenoxy) is 1. The summed E-state index contributed by atoms with van der Waals surface area (Å²) in [7, 11) is -1.38. The highest BCUT2D eigenvalue weighted by atomic mass is 32.4. The Kier molecular flexibility index (Phi) is 4.85. The molecule has 0 aliphatic heterocycles. The summed E-state index contributed by atoms with van der Waals surface area (Å²) < 4.78 is 11.2. The Bertz CT molecular complexity index is 416. The second kappa shape index (κ2) is 5.62. The quantitative estimate of drug-likeness (QED) is 0.614. The van der Waals surface area contributed by atoms with Gasteiger partial charge >= 0.3 is 0 Å². The summed E-state index contributed by atoms with van der Waals surface area (Å²) in [6, 6.07) is 0. The van der Waals surface area contributed by atoms with Gasteiger partial charge in [0.15, 0.2) is 10.9 Å². The first-order valence-electron chi connectivity index (χ1n) is 5.90. The number of methoxy groups -OCH3 is 1. The lowest BCUT2D eigenvalue weighted by Gasteiger charge is -2.21. The minimum absolute atomic E-state index is 0.576. The molecule has 0 saturated heterocycles. The summed E-state index contributed by atoms with van der Waals surface area (Å²) in [5.41, 5.74) is 0. The van der Waals surface area contributed by atoms with Crippen molar-refractivity contribution >= 4 is 26.8 Å². The first-order valence-corrected chi connectivity index (χ1v) is 14.3. The smallest absolute Gasteiger partial charge is 0.247 e. The van der Waals surface area contributed by atoms with Crippen LogP contribution in [0.4, 0.5) is 0 Å². The summed E-state index contributed by atoms with van der Waals surface area (Å²) in [6.07, 6.45) is 1.70. The standard InChI is InChI=1S/C11H22N2O2SSi2/c1-14-9-8-12-11(16-18(5,6)7)13-10(9)15-17(2,3)4/h8H,1-7H3. The van der Waals surface area contributed by atoms with E-state index in [1.807, 2.05) is 0 Å². The fourth-order valence-electron chi connectivity index (χ4n) is 1.17. The molecule has 18 heavy (non-hydrogen) atoms. The Balaban J connectivity index is 3.02. The largest absolute Gasteiger partial charge is 0.529 e. The van der Waals surface area contributed by atoms with Gasteiger partial charge in [-0.05, 0) is 19.6 Å². The average Bonchev–Trinajstić information content (AvgIpc) is 2.12. The summed E-state index contributed by atoms with van der Waals surface area (Å²) in [6.45, 7) is 13.2. The molecule has 0 unspecified atom stereocenters. The van der Waals surface area contributed by atoms with Crippen LogP contribution in [0.25, 0.3) is 0 Å². The maximum atomic E-state index is 5.94. The monoisotopic (exact) mass is 302 g/mol. The van der Waals surface area contributed by atoms with E-state index in [1.54, 1.807) is 24.5 Å². The van der Waals surface area contributed by atoms with Crippen LogP contribution < -0.4 is 9.16 Å². The fraction of sp³-hybridized carbons (Fsp3) is 0.636. The lowest BCUT2D eigenvalue weighted by molar-refractivity contribution is 0.379. The molecule has 1 heterocycles. The average molecular weight is 303 g/mol. The van der Waals surface area contributed by atoms with Crippen molar-refractivity contribution < 1.29 is 9.16 Å². The predicted octanol–water partition coefficient (Wildman–Crippen LogP) is 3.63. The van der Waals surface area contributed by atoms with Crippen molar-refractivity contribution in [3.63, 3.8) is 0 Å². The van der Waals surface area contributed by atoms with Crippen molar-refractivity contribution in [3.8, 4) is 11.6 Å². The summed E-state index contributed by atoms with van der Waals surface area (Å²) >= 11 is 1.76. The Hall–Kier alpha value is -0.536. The SMILES string of the molecule is COc1cnc(S[Si](C)(C)C)nc1O[Si](C)(C)C. The van der Waals surface area contributed by atoms with Crippen LogP contribution in [0.3, 0.4) is 0 Å². The molecule has 0 fully saturated rings. The molecule has 0 N–H and O–H groups in total. The highest BCUT2D eigenvalue weighted by Crippen LogP contribution is 2.31. The van der Waals surface area contributed by atoms with Crippen LogP contribution in [0, 0.1) is 0 Å². The highest BCUT2D eigenvalue weighted by Gasteiger charge is 2.22. The van der Waals surface area contributed by atoms with Crippen LogP contribution in [-0.2, 0) is 0 Å². The third-order valence-corrected chi connectivity index (χ3v) is 5.90. The van der Waals surface area contributed by atoms with Gasteiger partial charge in [0.2, 0.25) is 14.2 Å². The van der Waals surface area contributed by atoms with Gasteiger partial charge in [-0.25, -0.2) is 4.98 Å². The van der Waals surface area contributed by atoms with E-state index >= 15 is 0 Å². The molecule has 0 spiro atoms. The van der Waals surface area contributed by atoms with E-state index in [-0.39, 0.29) is 0 Å². The van der Waals surface area contributed by atoms with Gasteiger partial charge in [-0.1, -0.05) is 19.6 Å². The van der Waals surface area contributed by atoms with Gasteiger partial charge in [-0.15, -0.1) is 11.2 Å². The van der Waals surface area contributed by atoms with Crippen LogP contribution >= 0.6 is 11.2 Å². The molecule has 1 rings (SSSR count). The Morgan fingerprint density at radius 3 is 2.17 bits per heavy atom. The second-order valence-electron chi connectivity index (χ2n) is 5.95. The molecule has 102 valence electrons. The van der Waals surface area contributed by atoms with Gasteiger partial charge in [0.1, 0.15) is 7.22 Å². The minimum Gasteiger partial charge on any atom is -0.529 e. The molecule has 0 saturated carbocycles. The summed E-state index contributed by atoms with van der Waals surface area (Å²) in [5, 5.41) is 0.781. The molecule has 1 aromatic rings. The van der Waals surface area contributed by atoms with Crippen molar-refractivity contribution in [2.24, 2.45) is 0 Å². The lowest BCUT2D eigenvalue weighted by atomic mass is 10.6. The molecule has 0 amide bonds. The van der Waals surface area contributed by atoms with Crippen LogP contribution in [0.15, 0.2) is 11.4 Å². The molecule has 4 nitrogen and oxygen atoms in total. The van der Waals surface area contributed by atoms with Crippen molar-refractivity contribution in [3.05, 3.63) is 6.20 Å². The molecule has 1 aromatic heterocycles. The van der Waals surface area contributed by atoms with E-state index in [0.717, 1.165) is 5.16 Å². The van der Waals surface area contributed by atoms with E-state index in [1.165, 1.54) is 0 Å². The zero-order valence-electron chi connectivity index (χ0n) is 12.2. The van der Waals surface area contributed by atoms with Crippen molar-refractivity contribution in [2.75, 3.05) is 7.11 Å². The van der Waals surface area contributed by atoms with Crippen molar-refractivity contribution in [2.45, 2.75) is 44.4 Å². The van der Waals surface area contributed by atoms with Gasteiger partial charge in [-0.2, -0.15) is 4.98 Å². The minimum atomic E-state index is -1.70. The van der Waals surface area contributed by atoms with Crippen LogP contribution in [0.5, 0.6) is 11.6 Å². The van der Waals surface area contributed by atoms with E-state index in [9.17, 15) is 0 Å². The van der Waals surface area contributed by atoms with Crippen molar-refractivity contribution in [1.29, 1.82) is 0 Å². The fourth-order valence-corrected chi connectivity index (χ4v) is 4.61. The highest BCUT2D eigenvalue weighted by molar-refractivity contribution is 8.28. The van der Waals surface area contributed by atoms with E-state index in [2.05, 4.69) is 49.3 Å². The maximum absolute atomic E-state index is 5.94. The van der Waals surface area contributed by atoms with E-state index < -0.39 is 15.5 Å². The van der Waals surface area contributed by atoms with Gasteiger partial charge in [0.05, 0.1) is 13.3 Å². The number of hydrogen-bond acceptors (Lipinski definition) is 5. The second-order valence-corrected chi connectivity index (χ2v) is 19.5. The summed E-state index contributed by atoms with van der Waals surface area (Å²) in [4.78, 5) is 8.81. The zero-order chi connectivity index (χ0) is 14.0. The number of hydrogen-bond donors (Lipinski definition) is 0. The van der Waals surface area contributed by atoms with Gasteiger partial charge in [0.25, 0.3) is 0 Å². The Morgan fingerprint density at radius 2 is 1.72 bits per heavy atom. The van der Waals surface area contributed by atoms with E-state index in [4.69, 9.17) is 9.16 Å². The Labute approximate surface area is 115 Å². The molecule has 0 radical (unpaired) electrons. The van der Waals surface area contributed by atoms with Gasteiger partial charge < -0.3 is 9.16 Å². The van der Waals surface area contributed by atoms with Crippen LogP contribution in [0.2, 0.25) is 39.3 Å². The molecular weight excluding hydrogens is 280 g/mol. The van der Waals surface area contributed by atoms with Gasteiger partial charge in [0, 0.05) is 0 Å². The maximum Gasteiger partial charge on any atom is 0.247 e. The lowest BCUT2D eigenvalue weighted by Crippen LogP contribution is -2.30. The molecule has 0 aromatic carbocycles. The van der Waals surface area contributed by atoms with Crippen molar-refractivity contribution in [1.82, 2.24) is 9.97 Å². The summed E-state index contributed by atoms with van der Waals surface area (Å²) in [5.74, 6) is 1.18. The third-order valence-electron chi connectivity index (χ3n) is 1.72. The molecule has 7 heteroatoms. The normalized spacial score (nSPS) is 12.4. The Morgan fingerprint density at radius 1 is 1.11 bits per heavy atom. The van der Waals surface area contributed by atoms with Crippen LogP contribution in [0.1, 0.15) is 0 Å². The van der Waals surface area contributed by atoms with Crippen LogP contribution in [-0.4, -0.2) is 32.6 Å². The molecular formula is C11H22N2O2SSi2. The molecule has 0 aliphatic rings. The third kappa shape index (κ3) is 5.41. The first kappa shape index (κ1) is 15.5. The topological polar surface area (TPSA) is 44.2 Å². The number of aromatic nitrogens is 2. The zero-order valence-corrected chi connectivity index (χ0v) is 15.0. The number of rotatable bonds is 5. The predicted molar refractivity (Wildman–Crippen MR) is 81.8 cm³/mol.